The van der Waals surface area contributed by atoms with Gasteiger partial charge in [0.05, 0.1) is 13.3 Å². The molecular formula is C25H24ClN3O4. The summed E-state index contributed by atoms with van der Waals surface area (Å²) in [4.78, 5) is 24.1. The molecule has 33 heavy (non-hydrogen) atoms. The van der Waals surface area contributed by atoms with Crippen LogP contribution in [0.3, 0.4) is 0 Å². The van der Waals surface area contributed by atoms with Crippen molar-refractivity contribution >= 4 is 35.3 Å². The number of halogens is 1. The second-order valence-corrected chi connectivity index (χ2v) is 7.66. The zero-order chi connectivity index (χ0) is 23.8. The van der Waals surface area contributed by atoms with Gasteiger partial charge in [0, 0.05) is 10.7 Å². The number of hydrazone groups is 1. The molecule has 8 heteroatoms. The molecule has 0 radical (unpaired) electrons. The van der Waals surface area contributed by atoms with Crippen molar-refractivity contribution in [2.45, 2.75) is 20.5 Å². The summed E-state index contributed by atoms with van der Waals surface area (Å²) >= 11 is 6.03. The van der Waals surface area contributed by atoms with Gasteiger partial charge in [-0.3, -0.25) is 9.59 Å². The van der Waals surface area contributed by atoms with Gasteiger partial charge in [-0.2, -0.15) is 5.10 Å². The molecule has 2 amide bonds. The number of nitrogens with zero attached hydrogens (tertiary/aromatic N) is 1. The first-order valence-corrected chi connectivity index (χ1v) is 10.5. The molecule has 3 aromatic carbocycles. The maximum absolute atomic E-state index is 12.1. The van der Waals surface area contributed by atoms with Crippen LogP contribution in [-0.4, -0.2) is 25.1 Å². The van der Waals surface area contributed by atoms with Crippen LogP contribution in [0.15, 0.2) is 65.8 Å². The van der Waals surface area contributed by atoms with Crippen molar-refractivity contribution in [2.24, 2.45) is 5.10 Å². The number of benzene rings is 3. The third-order valence-corrected chi connectivity index (χ3v) is 5.21. The molecule has 0 saturated heterocycles. The van der Waals surface area contributed by atoms with E-state index in [0.717, 1.165) is 5.56 Å². The number of hydrogen-bond donors (Lipinski definition) is 2. The van der Waals surface area contributed by atoms with Crippen LogP contribution in [0.25, 0.3) is 0 Å². The molecule has 3 rings (SSSR count). The summed E-state index contributed by atoms with van der Waals surface area (Å²) in [6, 6.07) is 18.3. The Morgan fingerprint density at radius 2 is 1.76 bits per heavy atom. The number of amides is 2. The average Bonchev–Trinajstić information content (AvgIpc) is 2.81. The highest BCUT2D eigenvalue weighted by atomic mass is 35.5. The van der Waals surface area contributed by atoms with Crippen LogP contribution in [-0.2, 0) is 16.2 Å². The van der Waals surface area contributed by atoms with E-state index in [1.807, 2.05) is 31.2 Å². The molecule has 0 bridgehead atoms. The number of carbonyl (C=O) groups is 2. The van der Waals surface area contributed by atoms with Gasteiger partial charge in [-0.05, 0) is 60.9 Å². The summed E-state index contributed by atoms with van der Waals surface area (Å²) < 4.78 is 11.3. The highest BCUT2D eigenvalue weighted by Gasteiger charge is 2.14. The fraction of sp³-hybridized carbons (Fsp3) is 0.160. The first-order valence-electron chi connectivity index (χ1n) is 10.1. The Morgan fingerprint density at radius 1 is 1.00 bits per heavy atom. The molecule has 0 aliphatic carbocycles. The Bertz CT molecular complexity index is 1180. The zero-order valence-corrected chi connectivity index (χ0v) is 19.3. The molecule has 0 saturated carbocycles. The van der Waals surface area contributed by atoms with Crippen molar-refractivity contribution < 1.29 is 19.1 Å². The Morgan fingerprint density at radius 3 is 2.48 bits per heavy atom. The van der Waals surface area contributed by atoms with Gasteiger partial charge >= 0.3 is 11.8 Å². The standard InChI is InChI=1S/C25H24ClN3O4/c1-16-7-9-18(10-8-16)15-33-22-12-11-19(13-23(22)32-3)14-27-29-25(31)24(30)28-21-6-4-5-20(26)17(21)2/h4-14H,15H2,1-3H3,(H,28,30)(H,29,31). The molecule has 0 fully saturated rings. The number of aryl methyl sites for hydroxylation is 1. The quantitative estimate of drug-likeness (QED) is 0.302. The highest BCUT2D eigenvalue weighted by molar-refractivity contribution is 6.40. The summed E-state index contributed by atoms with van der Waals surface area (Å²) in [5.41, 5.74) is 6.21. The minimum Gasteiger partial charge on any atom is -0.493 e. The van der Waals surface area contributed by atoms with Gasteiger partial charge in [0.15, 0.2) is 11.5 Å². The van der Waals surface area contributed by atoms with E-state index in [9.17, 15) is 9.59 Å². The highest BCUT2D eigenvalue weighted by Crippen LogP contribution is 2.28. The van der Waals surface area contributed by atoms with Gasteiger partial charge in [-0.25, -0.2) is 5.43 Å². The third-order valence-electron chi connectivity index (χ3n) is 4.80. The first kappa shape index (κ1) is 23.8. The number of methoxy groups -OCH3 is 1. The molecule has 7 nitrogen and oxygen atoms in total. The van der Waals surface area contributed by atoms with Crippen LogP contribution < -0.4 is 20.2 Å². The lowest BCUT2D eigenvalue weighted by Crippen LogP contribution is -2.32. The Kier molecular flexibility index (Phi) is 8.05. The number of anilines is 1. The van der Waals surface area contributed by atoms with E-state index in [2.05, 4.69) is 15.8 Å². The lowest BCUT2D eigenvalue weighted by atomic mass is 10.2. The van der Waals surface area contributed by atoms with Crippen LogP contribution in [0.4, 0.5) is 5.69 Å². The van der Waals surface area contributed by atoms with Crippen molar-refractivity contribution in [3.63, 3.8) is 0 Å². The smallest absolute Gasteiger partial charge is 0.329 e. The molecular weight excluding hydrogens is 442 g/mol. The van der Waals surface area contributed by atoms with E-state index in [1.165, 1.54) is 11.8 Å². The molecule has 0 heterocycles. The van der Waals surface area contributed by atoms with Crippen LogP contribution in [0.5, 0.6) is 11.5 Å². The lowest BCUT2D eigenvalue weighted by molar-refractivity contribution is -0.136. The van der Waals surface area contributed by atoms with E-state index < -0.39 is 11.8 Å². The maximum atomic E-state index is 12.1. The molecule has 170 valence electrons. The van der Waals surface area contributed by atoms with Crippen molar-refractivity contribution in [3.8, 4) is 11.5 Å². The maximum Gasteiger partial charge on any atom is 0.329 e. The van der Waals surface area contributed by atoms with Crippen molar-refractivity contribution in [2.75, 3.05) is 12.4 Å². The molecule has 0 spiro atoms. The van der Waals surface area contributed by atoms with E-state index in [1.54, 1.807) is 50.4 Å². The molecule has 2 N–H and O–H groups in total. The SMILES string of the molecule is COc1cc(C=NNC(=O)C(=O)Nc2cccc(Cl)c2C)ccc1OCc1ccc(C)cc1. The second-order valence-electron chi connectivity index (χ2n) is 7.25. The van der Waals surface area contributed by atoms with E-state index in [4.69, 9.17) is 21.1 Å². The minimum atomic E-state index is -0.907. The number of carbonyl (C=O) groups excluding carboxylic acids is 2. The van der Waals surface area contributed by atoms with Crippen molar-refractivity contribution in [3.05, 3.63) is 87.9 Å². The molecule has 0 aliphatic rings. The van der Waals surface area contributed by atoms with Gasteiger partial charge in [-0.1, -0.05) is 47.5 Å². The van der Waals surface area contributed by atoms with Gasteiger partial charge in [0.1, 0.15) is 6.61 Å². The fourth-order valence-electron chi connectivity index (χ4n) is 2.87. The molecule has 0 atom stereocenters. The van der Waals surface area contributed by atoms with Crippen molar-refractivity contribution in [1.82, 2.24) is 5.43 Å². The average molecular weight is 466 g/mol. The van der Waals surface area contributed by atoms with Gasteiger partial charge in [-0.15, -0.1) is 0 Å². The normalized spacial score (nSPS) is 10.7. The summed E-state index contributed by atoms with van der Waals surface area (Å²) in [6.07, 6.45) is 1.40. The fourth-order valence-corrected chi connectivity index (χ4v) is 3.04. The predicted molar refractivity (Wildman–Crippen MR) is 129 cm³/mol. The van der Waals surface area contributed by atoms with Crippen molar-refractivity contribution in [1.29, 1.82) is 0 Å². The van der Waals surface area contributed by atoms with Gasteiger partial charge in [0.25, 0.3) is 0 Å². The summed E-state index contributed by atoms with van der Waals surface area (Å²) in [7, 11) is 1.54. The van der Waals surface area contributed by atoms with E-state index in [0.29, 0.717) is 39.9 Å². The number of ether oxygens (including phenoxy) is 2. The minimum absolute atomic E-state index is 0.404. The van der Waals surface area contributed by atoms with Gasteiger partial charge < -0.3 is 14.8 Å². The third kappa shape index (κ3) is 6.57. The number of hydrogen-bond acceptors (Lipinski definition) is 5. The Labute approximate surface area is 197 Å². The predicted octanol–water partition coefficient (Wildman–Crippen LogP) is 4.63. The molecule has 0 aliphatic heterocycles. The summed E-state index contributed by atoms with van der Waals surface area (Å²) in [6.45, 7) is 4.18. The zero-order valence-electron chi connectivity index (χ0n) is 18.5. The molecule has 0 unspecified atom stereocenters. The van der Waals surface area contributed by atoms with Crippen LogP contribution >= 0.6 is 11.6 Å². The summed E-state index contributed by atoms with van der Waals surface area (Å²) in [5, 5.41) is 6.85. The topological polar surface area (TPSA) is 89.0 Å². The second kappa shape index (κ2) is 11.2. The van der Waals surface area contributed by atoms with Crippen LogP contribution in [0.2, 0.25) is 5.02 Å². The van der Waals surface area contributed by atoms with Crippen LogP contribution in [0.1, 0.15) is 22.3 Å². The molecule has 0 aromatic heterocycles. The molecule has 3 aromatic rings. The first-order chi connectivity index (χ1) is 15.9. The number of rotatable bonds is 7. The van der Waals surface area contributed by atoms with E-state index in [-0.39, 0.29) is 0 Å². The Balaban J connectivity index is 1.57. The van der Waals surface area contributed by atoms with Crippen LogP contribution in [0, 0.1) is 13.8 Å². The largest absolute Gasteiger partial charge is 0.493 e. The monoisotopic (exact) mass is 465 g/mol. The Hall–Kier alpha value is -3.84. The number of nitrogens with one attached hydrogen (secondary N) is 2. The van der Waals surface area contributed by atoms with E-state index >= 15 is 0 Å². The summed E-state index contributed by atoms with van der Waals surface area (Å²) in [5.74, 6) is -0.660. The lowest BCUT2D eigenvalue weighted by Gasteiger charge is -2.11. The van der Waals surface area contributed by atoms with Gasteiger partial charge in [0.2, 0.25) is 0 Å².